The third kappa shape index (κ3) is 3.11. The molecule has 15 heavy (non-hydrogen) atoms. The lowest BCUT2D eigenvalue weighted by Crippen LogP contribution is -2.46. The van der Waals surface area contributed by atoms with Crippen molar-refractivity contribution in [2.75, 3.05) is 31.1 Å². The van der Waals surface area contributed by atoms with Crippen LogP contribution in [0.2, 0.25) is 0 Å². The molecule has 2 aliphatic rings. The predicted molar refractivity (Wildman–Crippen MR) is 68.3 cm³/mol. The average Bonchev–Trinajstić information content (AvgIpc) is 2.63. The van der Waals surface area contributed by atoms with Gasteiger partial charge in [-0.25, -0.2) is 0 Å². The van der Waals surface area contributed by atoms with Crippen molar-refractivity contribution in [2.24, 2.45) is 11.7 Å². The lowest BCUT2D eigenvalue weighted by Gasteiger charge is -2.33. The Hall–Kier alpha value is 0.270. The van der Waals surface area contributed by atoms with E-state index in [1.807, 2.05) is 0 Å². The molecule has 2 atom stereocenters. The first-order valence-electron chi connectivity index (χ1n) is 6.43. The van der Waals surface area contributed by atoms with Gasteiger partial charge in [0.05, 0.1) is 0 Å². The SMILES string of the molecule is NCC(C1CCSC1)N1CCCCCC1. The first-order valence-corrected chi connectivity index (χ1v) is 7.59. The Labute approximate surface area is 98.0 Å². The van der Waals surface area contributed by atoms with Crippen molar-refractivity contribution in [3.63, 3.8) is 0 Å². The molecule has 2 N–H and O–H groups in total. The molecular weight excluding hydrogens is 204 g/mol. The van der Waals surface area contributed by atoms with Gasteiger partial charge < -0.3 is 5.73 Å². The van der Waals surface area contributed by atoms with Crippen LogP contribution in [0.25, 0.3) is 0 Å². The van der Waals surface area contributed by atoms with Crippen molar-refractivity contribution < 1.29 is 0 Å². The molecule has 2 rings (SSSR count). The summed E-state index contributed by atoms with van der Waals surface area (Å²) < 4.78 is 0. The Balaban J connectivity index is 1.91. The number of rotatable bonds is 3. The van der Waals surface area contributed by atoms with Crippen LogP contribution >= 0.6 is 11.8 Å². The highest BCUT2D eigenvalue weighted by Gasteiger charge is 2.29. The molecule has 0 aliphatic carbocycles. The normalized spacial score (nSPS) is 31.4. The van der Waals surface area contributed by atoms with Crippen LogP contribution in [0.5, 0.6) is 0 Å². The van der Waals surface area contributed by atoms with Gasteiger partial charge in [0.2, 0.25) is 0 Å². The van der Waals surface area contributed by atoms with Crippen LogP contribution in [0.3, 0.4) is 0 Å². The lowest BCUT2D eigenvalue weighted by atomic mass is 9.97. The molecular formula is C12H24N2S. The van der Waals surface area contributed by atoms with Gasteiger partial charge >= 0.3 is 0 Å². The highest BCUT2D eigenvalue weighted by molar-refractivity contribution is 7.99. The molecule has 2 aliphatic heterocycles. The van der Waals surface area contributed by atoms with Gasteiger partial charge in [0.15, 0.2) is 0 Å². The molecule has 0 aromatic rings. The van der Waals surface area contributed by atoms with Crippen molar-refractivity contribution in [1.29, 1.82) is 0 Å². The topological polar surface area (TPSA) is 29.3 Å². The van der Waals surface area contributed by atoms with Gasteiger partial charge in [-0.3, -0.25) is 4.90 Å². The molecule has 0 spiro atoms. The first-order chi connectivity index (χ1) is 7.42. The van der Waals surface area contributed by atoms with E-state index in [-0.39, 0.29) is 0 Å². The molecule has 0 radical (unpaired) electrons. The van der Waals surface area contributed by atoms with E-state index in [4.69, 9.17) is 5.73 Å². The highest BCUT2D eigenvalue weighted by Crippen LogP contribution is 2.29. The van der Waals surface area contributed by atoms with Crippen molar-refractivity contribution in [2.45, 2.75) is 38.1 Å². The molecule has 0 saturated carbocycles. The van der Waals surface area contributed by atoms with E-state index in [9.17, 15) is 0 Å². The molecule has 0 aromatic carbocycles. The fraction of sp³-hybridized carbons (Fsp3) is 1.00. The summed E-state index contributed by atoms with van der Waals surface area (Å²) in [7, 11) is 0. The lowest BCUT2D eigenvalue weighted by molar-refractivity contribution is 0.160. The van der Waals surface area contributed by atoms with Gasteiger partial charge in [0.25, 0.3) is 0 Å². The molecule has 3 heteroatoms. The summed E-state index contributed by atoms with van der Waals surface area (Å²) in [6, 6.07) is 0.679. The third-order valence-electron chi connectivity index (χ3n) is 3.86. The smallest absolute Gasteiger partial charge is 0.0254 e. The third-order valence-corrected chi connectivity index (χ3v) is 5.05. The van der Waals surface area contributed by atoms with Crippen LogP contribution in [0, 0.1) is 5.92 Å². The Morgan fingerprint density at radius 1 is 1.20 bits per heavy atom. The molecule has 0 amide bonds. The summed E-state index contributed by atoms with van der Waals surface area (Å²) in [6.07, 6.45) is 7.01. The second-order valence-corrected chi connectivity index (χ2v) is 6.03. The molecule has 2 nitrogen and oxygen atoms in total. The van der Waals surface area contributed by atoms with Gasteiger partial charge in [0.1, 0.15) is 0 Å². The highest BCUT2D eigenvalue weighted by atomic mass is 32.2. The summed E-state index contributed by atoms with van der Waals surface area (Å²) in [6.45, 7) is 3.46. The molecule has 2 fully saturated rings. The number of hydrogen-bond acceptors (Lipinski definition) is 3. The molecule has 2 heterocycles. The molecule has 2 unspecified atom stereocenters. The zero-order valence-electron chi connectivity index (χ0n) is 9.66. The van der Waals surface area contributed by atoms with E-state index < -0.39 is 0 Å². The van der Waals surface area contributed by atoms with Crippen molar-refractivity contribution in [1.82, 2.24) is 4.90 Å². The van der Waals surface area contributed by atoms with Crippen molar-refractivity contribution in [3.8, 4) is 0 Å². The van der Waals surface area contributed by atoms with Crippen LogP contribution < -0.4 is 5.73 Å². The standard InChI is InChI=1S/C12H24N2S/c13-9-12(11-5-8-15-10-11)14-6-3-1-2-4-7-14/h11-12H,1-10,13H2. The molecule has 88 valence electrons. The Bertz CT molecular complexity index is 172. The molecule has 0 aromatic heterocycles. The van der Waals surface area contributed by atoms with E-state index in [0.29, 0.717) is 6.04 Å². The maximum Gasteiger partial charge on any atom is 0.0254 e. The van der Waals surface area contributed by atoms with E-state index >= 15 is 0 Å². The minimum absolute atomic E-state index is 0.679. The maximum absolute atomic E-state index is 5.98. The number of thioether (sulfide) groups is 1. The minimum Gasteiger partial charge on any atom is -0.329 e. The number of nitrogens with two attached hydrogens (primary N) is 1. The van der Waals surface area contributed by atoms with Gasteiger partial charge in [-0.2, -0.15) is 11.8 Å². The summed E-state index contributed by atoms with van der Waals surface area (Å²) in [5.74, 6) is 3.58. The van der Waals surface area contributed by atoms with Crippen LogP contribution in [0.15, 0.2) is 0 Å². The fourth-order valence-corrected chi connectivity index (χ4v) is 4.25. The Kier molecular flexibility index (Phi) is 4.79. The van der Waals surface area contributed by atoms with Crippen molar-refractivity contribution in [3.05, 3.63) is 0 Å². The zero-order chi connectivity index (χ0) is 10.5. The summed E-state index contributed by atoms with van der Waals surface area (Å²) >= 11 is 2.11. The summed E-state index contributed by atoms with van der Waals surface area (Å²) in [5.41, 5.74) is 5.98. The predicted octanol–water partition coefficient (Wildman–Crippen LogP) is 1.94. The summed E-state index contributed by atoms with van der Waals surface area (Å²) in [4.78, 5) is 2.68. The first kappa shape index (κ1) is 11.7. The van der Waals surface area contributed by atoms with E-state index in [1.165, 1.54) is 56.7 Å². The second kappa shape index (κ2) is 6.12. The number of hydrogen-bond donors (Lipinski definition) is 1. The maximum atomic E-state index is 5.98. The largest absolute Gasteiger partial charge is 0.329 e. The number of likely N-dealkylation sites (tertiary alicyclic amines) is 1. The van der Waals surface area contributed by atoms with Crippen LogP contribution in [0.4, 0.5) is 0 Å². The quantitative estimate of drug-likeness (QED) is 0.800. The van der Waals surface area contributed by atoms with E-state index in [0.717, 1.165) is 12.5 Å². The van der Waals surface area contributed by atoms with Crippen LogP contribution in [0.1, 0.15) is 32.1 Å². The monoisotopic (exact) mass is 228 g/mol. The van der Waals surface area contributed by atoms with Crippen LogP contribution in [-0.4, -0.2) is 42.1 Å². The van der Waals surface area contributed by atoms with Gasteiger partial charge in [-0.05, 0) is 49.8 Å². The fourth-order valence-electron chi connectivity index (χ4n) is 2.92. The van der Waals surface area contributed by atoms with Gasteiger partial charge in [-0.1, -0.05) is 12.8 Å². The average molecular weight is 228 g/mol. The molecule has 2 saturated heterocycles. The zero-order valence-corrected chi connectivity index (χ0v) is 10.5. The van der Waals surface area contributed by atoms with Crippen LogP contribution in [-0.2, 0) is 0 Å². The Morgan fingerprint density at radius 3 is 2.47 bits per heavy atom. The Morgan fingerprint density at radius 2 is 1.93 bits per heavy atom. The van der Waals surface area contributed by atoms with E-state index in [1.54, 1.807) is 0 Å². The van der Waals surface area contributed by atoms with E-state index in [2.05, 4.69) is 16.7 Å². The number of nitrogens with zero attached hydrogens (tertiary/aromatic N) is 1. The van der Waals surface area contributed by atoms with Gasteiger partial charge in [0, 0.05) is 12.6 Å². The second-order valence-electron chi connectivity index (χ2n) is 4.88. The van der Waals surface area contributed by atoms with Gasteiger partial charge in [-0.15, -0.1) is 0 Å². The van der Waals surface area contributed by atoms with Crippen molar-refractivity contribution >= 4 is 11.8 Å². The minimum atomic E-state index is 0.679. The summed E-state index contributed by atoms with van der Waals surface area (Å²) in [5, 5.41) is 0. The molecule has 0 bridgehead atoms.